The Morgan fingerprint density at radius 3 is 1.67 bits per heavy atom. The van der Waals surface area contributed by atoms with Gasteiger partial charge in [0, 0.05) is 0 Å². The van der Waals surface area contributed by atoms with Crippen LogP contribution in [0.5, 0.6) is 34.5 Å². The molecule has 0 bridgehead atoms. The molecule has 7 heteroatoms. The summed E-state index contributed by atoms with van der Waals surface area (Å²) in [6.07, 6.45) is 0.837. The fourth-order valence-electron chi connectivity index (χ4n) is 3.13. The predicted octanol–water partition coefficient (Wildman–Crippen LogP) is 3.96. The van der Waals surface area contributed by atoms with Crippen molar-refractivity contribution in [2.24, 2.45) is 0 Å². The second-order valence-corrected chi connectivity index (χ2v) is 6.55. The maximum atomic E-state index is 10.9. The van der Waals surface area contributed by atoms with E-state index in [2.05, 4.69) is 6.58 Å². The van der Waals surface area contributed by atoms with Crippen LogP contribution in [-0.4, -0.2) is 46.8 Å². The summed E-state index contributed by atoms with van der Waals surface area (Å²) >= 11 is 0. The zero-order valence-electron chi connectivity index (χ0n) is 18.4. The molecular weight excluding hydrogens is 388 g/mol. The summed E-state index contributed by atoms with van der Waals surface area (Å²) in [5.41, 5.74) is 1.53. The van der Waals surface area contributed by atoms with Gasteiger partial charge in [0.1, 0.15) is 12.2 Å². The Morgan fingerprint density at radius 1 is 0.800 bits per heavy atom. The molecule has 2 atom stereocenters. The lowest BCUT2D eigenvalue weighted by molar-refractivity contribution is 0.0431. The van der Waals surface area contributed by atoms with Gasteiger partial charge in [-0.05, 0) is 48.7 Å². The van der Waals surface area contributed by atoms with Gasteiger partial charge in [-0.15, -0.1) is 6.58 Å². The van der Waals surface area contributed by atoms with Crippen molar-refractivity contribution in [1.82, 2.24) is 0 Å². The van der Waals surface area contributed by atoms with Crippen LogP contribution >= 0.6 is 0 Å². The van der Waals surface area contributed by atoms with Crippen LogP contribution in [-0.2, 0) is 6.42 Å². The molecule has 0 aliphatic heterocycles. The van der Waals surface area contributed by atoms with E-state index >= 15 is 0 Å². The molecule has 1 N–H and O–H groups in total. The van der Waals surface area contributed by atoms with Crippen molar-refractivity contribution in [2.75, 3.05) is 35.5 Å². The monoisotopic (exact) mass is 418 g/mol. The molecule has 2 aromatic rings. The zero-order valence-corrected chi connectivity index (χ0v) is 18.4. The van der Waals surface area contributed by atoms with Gasteiger partial charge in [-0.3, -0.25) is 0 Å². The number of hydrogen-bond donors (Lipinski definition) is 1. The maximum Gasteiger partial charge on any atom is 0.203 e. The molecule has 164 valence electrons. The van der Waals surface area contributed by atoms with Crippen LogP contribution in [0.2, 0.25) is 0 Å². The summed E-state index contributed by atoms with van der Waals surface area (Å²) in [7, 11) is 7.68. The van der Waals surface area contributed by atoms with Gasteiger partial charge in [0.25, 0.3) is 0 Å². The first-order valence-corrected chi connectivity index (χ1v) is 9.44. The molecule has 0 spiro atoms. The third-order valence-electron chi connectivity index (χ3n) is 4.68. The van der Waals surface area contributed by atoms with Crippen LogP contribution in [0.25, 0.3) is 0 Å². The summed E-state index contributed by atoms with van der Waals surface area (Å²) in [4.78, 5) is 0. The number of allylic oxidation sites excluding steroid dienone is 1. The predicted molar refractivity (Wildman–Crippen MR) is 115 cm³/mol. The molecule has 0 amide bonds. The fourth-order valence-corrected chi connectivity index (χ4v) is 3.13. The number of benzene rings is 2. The highest BCUT2D eigenvalue weighted by molar-refractivity contribution is 5.55. The van der Waals surface area contributed by atoms with Gasteiger partial charge in [0.15, 0.2) is 23.0 Å². The van der Waals surface area contributed by atoms with E-state index in [0.29, 0.717) is 46.5 Å². The average Bonchev–Trinajstić information content (AvgIpc) is 2.77. The van der Waals surface area contributed by atoms with Crippen molar-refractivity contribution in [3.63, 3.8) is 0 Å². The van der Waals surface area contributed by atoms with E-state index in [0.717, 1.165) is 5.56 Å². The van der Waals surface area contributed by atoms with E-state index in [9.17, 15) is 5.11 Å². The Morgan fingerprint density at radius 2 is 1.27 bits per heavy atom. The van der Waals surface area contributed by atoms with E-state index in [1.807, 2.05) is 12.1 Å². The van der Waals surface area contributed by atoms with Crippen molar-refractivity contribution in [3.8, 4) is 34.5 Å². The zero-order chi connectivity index (χ0) is 22.3. The van der Waals surface area contributed by atoms with E-state index in [1.54, 1.807) is 39.4 Å². The highest BCUT2D eigenvalue weighted by Gasteiger charge is 2.25. The van der Waals surface area contributed by atoms with Crippen molar-refractivity contribution in [1.29, 1.82) is 0 Å². The Hall–Kier alpha value is -3.06. The second kappa shape index (κ2) is 10.6. The minimum atomic E-state index is -0.985. The Kier molecular flexibility index (Phi) is 8.24. The van der Waals surface area contributed by atoms with E-state index < -0.39 is 12.2 Å². The molecule has 0 aliphatic carbocycles. The summed E-state index contributed by atoms with van der Waals surface area (Å²) in [6, 6.07) is 7.09. The summed E-state index contributed by atoms with van der Waals surface area (Å²) in [5.74, 6) is 2.77. The van der Waals surface area contributed by atoms with Gasteiger partial charge in [-0.2, -0.15) is 0 Å². The third kappa shape index (κ3) is 4.91. The number of methoxy groups -OCH3 is 5. The van der Waals surface area contributed by atoms with Crippen molar-refractivity contribution >= 4 is 0 Å². The first-order chi connectivity index (χ1) is 14.4. The van der Waals surface area contributed by atoms with Gasteiger partial charge >= 0.3 is 0 Å². The van der Waals surface area contributed by atoms with E-state index in [4.69, 9.17) is 28.4 Å². The minimum Gasteiger partial charge on any atom is -0.493 e. The largest absolute Gasteiger partial charge is 0.493 e. The average molecular weight is 418 g/mol. The summed E-state index contributed by atoms with van der Waals surface area (Å²) < 4.78 is 33.1. The molecule has 0 fully saturated rings. The smallest absolute Gasteiger partial charge is 0.203 e. The maximum absolute atomic E-state index is 10.9. The molecule has 2 rings (SSSR count). The summed E-state index contributed by atoms with van der Waals surface area (Å²) in [6.45, 7) is 5.51. The lowest BCUT2D eigenvalue weighted by Crippen LogP contribution is -2.22. The van der Waals surface area contributed by atoms with Crippen LogP contribution < -0.4 is 28.4 Å². The van der Waals surface area contributed by atoms with Crippen LogP contribution in [0, 0.1) is 0 Å². The van der Waals surface area contributed by atoms with Gasteiger partial charge < -0.3 is 33.5 Å². The number of ether oxygens (including phenoxy) is 6. The quantitative estimate of drug-likeness (QED) is 0.554. The van der Waals surface area contributed by atoms with Crippen molar-refractivity contribution < 1.29 is 33.5 Å². The number of hydrogen-bond acceptors (Lipinski definition) is 7. The van der Waals surface area contributed by atoms with Crippen LogP contribution in [0.15, 0.2) is 36.9 Å². The number of rotatable bonds is 11. The fraction of sp³-hybridized carbons (Fsp3) is 0.391. The van der Waals surface area contributed by atoms with Crippen molar-refractivity contribution in [2.45, 2.75) is 25.6 Å². The topological polar surface area (TPSA) is 75.6 Å². The third-order valence-corrected chi connectivity index (χ3v) is 4.68. The molecule has 7 nitrogen and oxygen atoms in total. The Labute approximate surface area is 177 Å². The van der Waals surface area contributed by atoms with Crippen LogP contribution in [0.1, 0.15) is 24.2 Å². The molecule has 0 heterocycles. The molecule has 0 aliphatic rings. The molecule has 0 saturated carbocycles. The molecule has 30 heavy (non-hydrogen) atoms. The Bertz CT molecular complexity index is 813. The number of aliphatic hydroxyl groups excluding tert-OH is 1. The highest BCUT2D eigenvalue weighted by Crippen LogP contribution is 2.43. The van der Waals surface area contributed by atoms with Gasteiger partial charge in [0.2, 0.25) is 11.5 Å². The summed E-state index contributed by atoms with van der Waals surface area (Å²) in [5, 5.41) is 10.9. The highest BCUT2D eigenvalue weighted by atomic mass is 16.6. The minimum absolute atomic E-state index is 0.409. The van der Waals surface area contributed by atoms with Crippen LogP contribution in [0.3, 0.4) is 0 Å². The number of aliphatic hydroxyl groups is 1. The van der Waals surface area contributed by atoms with Gasteiger partial charge in [0.05, 0.1) is 35.5 Å². The molecule has 0 unspecified atom stereocenters. The lowest BCUT2D eigenvalue weighted by Gasteiger charge is -2.24. The van der Waals surface area contributed by atoms with E-state index in [-0.39, 0.29) is 0 Å². The first kappa shape index (κ1) is 23.2. The lowest BCUT2D eigenvalue weighted by atomic mass is 10.0. The van der Waals surface area contributed by atoms with Crippen molar-refractivity contribution in [3.05, 3.63) is 48.0 Å². The normalized spacial score (nSPS) is 12.5. The Balaban J connectivity index is 2.38. The molecule has 0 saturated heterocycles. The first-order valence-electron chi connectivity index (χ1n) is 9.44. The van der Waals surface area contributed by atoms with Crippen LogP contribution in [0.4, 0.5) is 0 Å². The van der Waals surface area contributed by atoms with Gasteiger partial charge in [-0.1, -0.05) is 6.08 Å². The standard InChI is InChI=1S/C23H30O7/c1-8-9-15-10-17(25-3)23(18(11-15)26-4)30-14(2)21(24)16-12-19(27-5)22(29-7)20(13-16)28-6/h8,10-14,21,24H,1,9H2,2-7H3/t14-,21+/m0/s1. The van der Waals surface area contributed by atoms with E-state index in [1.165, 1.54) is 21.3 Å². The molecule has 0 aromatic heterocycles. The molecular formula is C23H30O7. The van der Waals surface area contributed by atoms with Gasteiger partial charge in [-0.25, -0.2) is 0 Å². The molecule has 2 aromatic carbocycles. The second-order valence-electron chi connectivity index (χ2n) is 6.55. The molecule has 0 radical (unpaired) electrons. The SMILES string of the molecule is C=CCc1cc(OC)c(O[C@@H](C)[C@@H](O)c2cc(OC)c(OC)c(OC)c2)c(OC)c1.